The Kier molecular flexibility index (Phi) is 3.88. The Morgan fingerprint density at radius 2 is 1.95 bits per heavy atom. The molecular formula is C17H26N2O. The van der Waals surface area contributed by atoms with Crippen molar-refractivity contribution in [1.82, 2.24) is 0 Å². The van der Waals surface area contributed by atoms with E-state index >= 15 is 0 Å². The Bertz CT molecular complexity index is 466. The molecule has 1 saturated heterocycles. The van der Waals surface area contributed by atoms with Crippen molar-refractivity contribution in [2.45, 2.75) is 57.5 Å². The van der Waals surface area contributed by atoms with E-state index in [1.807, 2.05) is 19.1 Å². The summed E-state index contributed by atoms with van der Waals surface area (Å²) >= 11 is 0. The Morgan fingerprint density at radius 3 is 2.60 bits per heavy atom. The van der Waals surface area contributed by atoms with Crippen LogP contribution in [0, 0.1) is 5.92 Å². The lowest BCUT2D eigenvalue weighted by Gasteiger charge is -2.31. The van der Waals surface area contributed by atoms with Gasteiger partial charge in [0.15, 0.2) is 0 Å². The van der Waals surface area contributed by atoms with Crippen molar-refractivity contribution in [3.05, 3.63) is 23.8 Å². The van der Waals surface area contributed by atoms with Gasteiger partial charge in [-0.3, -0.25) is 0 Å². The van der Waals surface area contributed by atoms with Gasteiger partial charge in [-0.1, -0.05) is 18.9 Å². The zero-order valence-electron chi connectivity index (χ0n) is 12.4. The molecule has 1 aromatic rings. The zero-order chi connectivity index (χ0) is 14.1. The highest BCUT2D eigenvalue weighted by molar-refractivity contribution is 5.55. The number of phenols is 1. The Morgan fingerprint density at radius 1 is 1.20 bits per heavy atom. The summed E-state index contributed by atoms with van der Waals surface area (Å²) in [5.74, 6) is 1.20. The van der Waals surface area contributed by atoms with Crippen LogP contribution >= 0.6 is 0 Å². The summed E-state index contributed by atoms with van der Waals surface area (Å²) in [6.45, 7) is 3.03. The van der Waals surface area contributed by atoms with Gasteiger partial charge < -0.3 is 15.7 Å². The van der Waals surface area contributed by atoms with Crippen LogP contribution in [-0.2, 0) is 0 Å². The number of phenolic OH excluding ortho intramolecular Hbond substituents is 1. The second-order valence-corrected chi connectivity index (χ2v) is 6.48. The number of hydrogen-bond donors (Lipinski definition) is 2. The van der Waals surface area contributed by atoms with Gasteiger partial charge in [0, 0.05) is 35.9 Å². The Balaban J connectivity index is 1.82. The van der Waals surface area contributed by atoms with E-state index < -0.39 is 0 Å². The standard InChI is InChI=1S/C17H26N2O/c1-12(18)15-9-8-14(11-17(15)20)19-10-4-7-16(19)13-5-2-3-6-13/h8-9,11-13,16,20H,2-7,10,18H2,1H3. The predicted molar refractivity (Wildman–Crippen MR) is 83.0 cm³/mol. The van der Waals surface area contributed by atoms with E-state index in [-0.39, 0.29) is 6.04 Å². The maximum Gasteiger partial charge on any atom is 0.122 e. The number of anilines is 1. The summed E-state index contributed by atoms with van der Waals surface area (Å²) in [5.41, 5.74) is 7.88. The monoisotopic (exact) mass is 274 g/mol. The van der Waals surface area contributed by atoms with Gasteiger partial charge in [0.1, 0.15) is 5.75 Å². The first-order valence-corrected chi connectivity index (χ1v) is 8.02. The van der Waals surface area contributed by atoms with Crippen molar-refractivity contribution in [2.24, 2.45) is 11.7 Å². The fourth-order valence-corrected chi connectivity index (χ4v) is 4.04. The van der Waals surface area contributed by atoms with Crippen LogP contribution in [0.1, 0.15) is 57.1 Å². The number of aromatic hydroxyl groups is 1. The second-order valence-electron chi connectivity index (χ2n) is 6.48. The number of benzene rings is 1. The van der Waals surface area contributed by atoms with Gasteiger partial charge in [-0.05, 0) is 44.6 Å². The molecule has 0 radical (unpaired) electrons. The molecule has 0 bridgehead atoms. The van der Waals surface area contributed by atoms with Crippen LogP contribution in [0.4, 0.5) is 5.69 Å². The molecule has 0 amide bonds. The van der Waals surface area contributed by atoms with Gasteiger partial charge in [0.25, 0.3) is 0 Å². The predicted octanol–water partition coefficient (Wildman–Crippen LogP) is 3.57. The van der Waals surface area contributed by atoms with Crippen molar-refractivity contribution in [1.29, 1.82) is 0 Å². The summed E-state index contributed by atoms with van der Waals surface area (Å²) in [5, 5.41) is 10.2. The quantitative estimate of drug-likeness (QED) is 0.886. The summed E-state index contributed by atoms with van der Waals surface area (Å²) in [4.78, 5) is 2.51. The molecule has 3 rings (SSSR count). The molecule has 2 fully saturated rings. The van der Waals surface area contributed by atoms with E-state index in [4.69, 9.17) is 5.73 Å². The number of nitrogens with zero attached hydrogens (tertiary/aromatic N) is 1. The first-order chi connectivity index (χ1) is 9.66. The highest BCUT2D eigenvalue weighted by Crippen LogP contribution is 2.39. The molecule has 1 aromatic carbocycles. The molecule has 1 saturated carbocycles. The second kappa shape index (κ2) is 5.65. The molecule has 0 spiro atoms. The van der Waals surface area contributed by atoms with Gasteiger partial charge >= 0.3 is 0 Å². The van der Waals surface area contributed by atoms with E-state index in [1.54, 1.807) is 0 Å². The highest BCUT2D eigenvalue weighted by atomic mass is 16.3. The minimum Gasteiger partial charge on any atom is -0.508 e. The molecule has 3 N–H and O–H groups in total. The fourth-order valence-electron chi connectivity index (χ4n) is 4.04. The molecule has 2 atom stereocenters. The third kappa shape index (κ3) is 2.51. The van der Waals surface area contributed by atoms with Crippen LogP contribution in [0.15, 0.2) is 18.2 Å². The van der Waals surface area contributed by atoms with Crippen molar-refractivity contribution < 1.29 is 5.11 Å². The third-order valence-corrected chi connectivity index (χ3v) is 5.08. The minimum atomic E-state index is -0.117. The van der Waals surface area contributed by atoms with Gasteiger partial charge in [-0.15, -0.1) is 0 Å². The average molecular weight is 274 g/mol. The van der Waals surface area contributed by atoms with Gasteiger partial charge in [0.2, 0.25) is 0 Å². The molecule has 1 aliphatic heterocycles. The van der Waals surface area contributed by atoms with Crippen LogP contribution < -0.4 is 10.6 Å². The number of hydrogen-bond acceptors (Lipinski definition) is 3. The van der Waals surface area contributed by atoms with Crippen molar-refractivity contribution in [2.75, 3.05) is 11.4 Å². The minimum absolute atomic E-state index is 0.117. The van der Waals surface area contributed by atoms with Crippen LogP contribution in [0.3, 0.4) is 0 Å². The molecule has 1 heterocycles. The Hall–Kier alpha value is -1.22. The average Bonchev–Trinajstić information content (AvgIpc) is 3.09. The topological polar surface area (TPSA) is 49.5 Å². The van der Waals surface area contributed by atoms with Crippen LogP contribution in [0.25, 0.3) is 0 Å². The fraction of sp³-hybridized carbons (Fsp3) is 0.647. The Labute approximate surface area is 121 Å². The van der Waals surface area contributed by atoms with Crippen molar-refractivity contribution >= 4 is 5.69 Å². The molecule has 1 aliphatic carbocycles. The van der Waals surface area contributed by atoms with E-state index in [0.29, 0.717) is 11.8 Å². The maximum atomic E-state index is 10.2. The lowest BCUT2D eigenvalue weighted by molar-refractivity contribution is 0.429. The van der Waals surface area contributed by atoms with Crippen molar-refractivity contribution in [3.63, 3.8) is 0 Å². The molecule has 0 aromatic heterocycles. The molecule has 3 heteroatoms. The molecule has 2 unspecified atom stereocenters. The number of rotatable bonds is 3. The lowest BCUT2D eigenvalue weighted by Crippen LogP contribution is -2.34. The van der Waals surface area contributed by atoms with E-state index in [9.17, 15) is 5.11 Å². The summed E-state index contributed by atoms with van der Waals surface area (Å²) in [6.07, 6.45) is 8.13. The van der Waals surface area contributed by atoms with E-state index in [2.05, 4.69) is 11.0 Å². The number of nitrogens with two attached hydrogens (primary N) is 1. The molecule has 3 nitrogen and oxygen atoms in total. The maximum absolute atomic E-state index is 10.2. The van der Waals surface area contributed by atoms with E-state index in [0.717, 1.165) is 18.0 Å². The lowest BCUT2D eigenvalue weighted by atomic mass is 9.95. The first kappa shape index (κ1) is 13.7. The van der Waals surface area contributed by atoms with Crippen LogP contribution in [0.5, 0.6) is 5.75 Å². The smallest absolute Gasteiger partial charge is 0.122 e. The summed E-state index contributed by atoms with van der Waals surface area (Å²) < 4.78 is 0. The van der Waals surface area contributed by atoms with Crippen LogP contribution in [0.2, 0.25) is 0 Å². The normalized spacial score (nSPS) is 25.3. The van der Waals surface area contributed by atoms with Crippen molar-refractivity contribution in [3.8, 4) is 5.75 Å². The third-order valence-electron chi connectivity index (χ3n) is 5.08. The van der Waals surface area contributed by atoms with Gasteiger partial charge in [0.05, 0.1) is 0 Å². The highest BCUT2D eigenvalue weighted by Gasteiger charge is 2.33. The van der Waals surface area contributed by atoms with E-state index in [1.165, 1.54) is 44.2 Å². The SMILES string of the molecule is CC(N)c1ccc(N2CCCC2C2CCCC2)cc1O. The largest absolute Gasteiger partial charge is 0.508 e. The zero-order valence-corrected chi connectivity index (χ0v) is 12.4. The summed E-state index contributed by atoms with van der Waals surface area (Å²) in [6, 6.07) is 6.59. The summed E-state index contributed by atoms with van der Waals surface area (Å²) in [7, 11) is 0. The van der Waals surface area contributed by atoms with Gasteiger partial charge in [-0.2, -0.15) is 0 Å². The molecular weight excluding hydrogens is 248 g/mol. The molecule has 2 aliphatic rings. The first-order valence-electron chi connectivity index (χ1n) is 8.02. The van der Waals surface area contributed by atoms with Crippen LogP contribution in [-0.4, -0.2) is 17.7 Å². The molecule has 20 heavy (non-hydrogen) atoms. The van der Waals surface area contributed by atoms with Gasteiger partial charge in [-0.25, -0.2) is 0 Å². The molecule has 110 valence electrons.